The lowest BCUT2D eigenvalue weighted by Crippen LogP contribution is -2.32. The first kappa shape index (κ1) is 18.3. The van der Waals surface area contributed by atoms with Crippen LogP contribution >= 0.6 is 0 Å². The third-order valence-corrected chi connectivity index (χ3v) is 4.90. The summed E-state index contributed by atoms with van der Waals surface area (Å²) in [6.45, 7) is 0. The molecule has 0 amide bonds. The number of halogens is 2. The smallest absolute Gasteiger partial charge is 0.240 e. The van der Waals surface area contributed by atoms with Gasteiger partial charge in [0.1, 0.15) is 18.0 Å². The first-order valence-electron chi connectivity index (χ1n) is 9.18. The van der Waals surface area contributed by atoms with Gasteiger partial charge in [-0.05, 0) is 43.0 Å². The summed E-state index contributed by atoms with van der Waals surface area (Å²) in [4.78, 5) is 0. The van der Waals surface area contributed by atoms with Gasteiger partial charge < -0.3 is 9.84 Å². The lowest BCUT2D eigenvalue weighted by Gasteiger charge is -2.25. The van der Waals surface area contributed by atoms with Crippen LogP contribution in [0.15, 0.2) is 36.5 Å². The van der Waals surface area contributed by atoms with Gasteiger partial charge in [0.15, 0.2) is 0 Å². The van der Waals surface area contributed by atoms with Crippen molar-refractivity contribution in [3.05, 3.63) is 42.5 Å². The number of aryl methyl sites for hydroxylation is 1. The Morgan fingerprint density at radius 2 is 1.93 bits per heavy atom. The van der Waals surface area contributed by atoms with E-state index in [4.69, 9.17) is 4.74 Å². The van der Waals surface area contributed by atoms with Crippen molar-refractivity contribution in [3.63, 3.8) is 0 Å². The van der Waals surface area contributed by atoms with Gasteiger partial charge >= 0.3 is 0 Å². The van der Waals surface area contributed by atoms with E-state index in [0.717, 1.165) is 12.8 Å². The summed E-state index contributed by atoms with van der Waals surface area (Å²) in [5.74, 6) is -0.406. The molecule has 1 aliphatic carbocycles. The van der Waals surface area contributed by atoms with Crippen molar-refractivity contribution >= 4 is 0 Å². The van der Waals surface area contributed by atoms with E-state index in [1.54, 1.807) is 37.5 Å². The van der Waals surface area contributed by atoms with Crippen LogP contribution in [0.5, 0.6) is 11.6 Å². The second kappa shape index (κ2) is 7.53. The Labute approximate surface area is 160 Å². The Balaban J connectivity index is 1.53. The molecule has 0 radical (unpaired) electrons. The average Bonchev–Trinajstić information content (AvgIpc) is 3.02. The van der Waals surface area contributed by atoms with E-state index in [1.165, 1.54) is 10.7 Å². The van der Waals surface area contributed by atoms with Gasteiger partial charge in [0.05, 0.1) is 11.3 Å². The number of phenolic OH excluding ortho intramolecular Hbond substituents is 1. The van der Waals surface area contributed by atoms with Crippen molar-refractivity contribution in [2.24, 2.45) is 7.05 Å². The molecule has 0 aliphatic heterocycles. The molecule has 1 aliphatic rings. The fraction of sp³-hybridized carbons (Fsp3) is 0.350. The number of ether oxygens (including phenoxy) is 1. The molecule has 1 fully saturated rings. The molecule has 6 nitrogen and oxygen atoms in total. The summed E-state index contributed by atoms with van der Waals surface area (Å²) in [6, 6.07) is 8.03. The zero-order valence-electron chi connectivity index (χ0n) is 15.3. The fourth-order valence-corrected chi connectivity index (χ4v) is 3.44. The maximum atomic E-state index is 13.9. The van der Waals surface area contributed by atoms with Crippen LogP contribution in [0, 0.1) is 5.95 Å². The monoisotopic (exact) mass is 386 g/mol. The molecular weight excluding hydrogens is 366 g/mol. The van der Waals surface area contributed by atoms with Crippen LogP contribution in [0.4, 0.5) is 8.78 Å². The second-order valence-electron chi connectivity index (χ2n) is 6.95. The molecule has 3 aromatic rings. The quantitative estimate of drug-likeness (QED) is 0.732. The average molecular weight is 386 g/mol. The van der Waals surface area contributed by atoms with Gasteiger partial charge in [0, 0.05) is 24.9 Å². The van der Waals surface area contributed by atoms with Crippen LogP contribution in [0.3, 0.4) is 0 Å². The molecule has 4 rings (SSSR count). The number of aromatic nitrogens is 4. The second-order valence-corrected chi connectivity index (χ2v) is 6.95. The summed E-state index contributed by atoms with van der Waals surface area (Å²) >= 11 is 0. The van der Waals surface area contributed by atoms with Crippen LogP contribution in [0.1, 0.15) is 25.7 Å². The van der Waals surface area contributed by atoms with Crippen LogP contribution in [0.25, 0.3) is 22.4 Å². The number of phenols is 1. The van der Waals surface area contributed by atoms with Gasteiger partial charge in [-0.25, -0.2) is 4.39 Å². The molecular formula is C20H20F2N4O2. The number of rotatable bonds is 4. The minimum Gasteiger partial charge on any atom is -0.507 e. The van der Waals surface area contributed by atoms with Gasteiger partial charge in [-0.1, -0.05) is 12.5 Å². The lowest BCUT2D eigenvalue weighted by molar-refractivity contribution is 0.0594. The summed E-state index contributed by atoms with van der Waals surface area (Å²) in [7, 11) is 1.62. The number of hydrogen-bond donors (Lipinski definition) is 1. The van der Waals surface area contributed by atoms with Crippen LogP contribution in [0.2, 0.25) is 0 Å². The zero-order chi connectivity index (χ0) is 19.7. The number of hydrogen-bond acceptors (Lipinski definition) is 5. The standard InChI is InChI=1S/C20H20F2N4O2/c1-26-11-14(20(22)25-26)12-6-7-13(17(27)10-12)16-8-9-19(24-23-16)28-18-5-3-2-4-15(18)21/h6-11,15,18,27H,2-5H2,1H3/t15-,18+/m1/s1. The SMILES string of the molecule is Cn1cc(-c2ccc(-c3ccc(O[C@H]4CCCC[C@H]4F)nn3)c(O)c2)c(F)n1. The predicted molar refractivity (Wildman–Crippen MR) is 99.1 cm³/mol. The Morgan fingerprint density at radius 1 is 1.11 bits per heavy atom. The lowest BCUT2D eigenvalue weighted by atomic mass is 9.96. The fourth-order valence-electron chi connectivity index (χ4n) is 3.44. The molecule has 8 heteroatoms. The van der Waals surface area contributed by atoms with Crippen molar-refractivity contribution in [2.75, 3.05) is 0 Å². The zero-order valence-corrected chi connectivity index (χ0v) is 15.3. The molecule has 2 atom stereocenters. The first-order valence-corrected chi connectivity index (χ1v) is 9.18. The normalized spacial score (nSPS) is 19.5. The molecule has 2 heterocycles. The first-order chi connectivity index (χ1) is 13.5. The van der Waals surface area contributed by atoms with Crippen molar-refractivity contribution in [1.82, 2.24) is 20.0 Å². The molecule has 28 heavy (non-hydrogen) atoms. The number of alkyl halides is 1. The van der Waals surface area contributed by atoms with E-state index >= 15 is 0 Å². The maximum absolute atomic E-state index is 13.9. The molecule has 146 valence electrons. The summed E-state index contributed by atoms with van der Waals surface area (Å²) in [6.07, 6.45) is 3.05. The number of nitrogens with zero attached hydrogens (tertiary/aromatic N) is 4. The van der Waals surface area contributed by atoms with Crippen molar-refractivity contribution in [1.29, 1.82) is 0 Å². The topological polar surface area (TPSA) is 73.1 Å². The molecule has 0 spiro atoms. The third kappa shape index (κ3) is 3.67. The van der Waals surface area contributed by atoms with E-state index < -0.39 is 18.2 Å². The van der Waals surface area contributed by atoms with E-state index in [0.29, 0.717) is 35.2 Å². The Kier molecular flexibility index (Phi) is 4.93. The van der Waals surface area contributed by atoms with Gasteiger partial charge in [-0.15, -0.1) is 15.3 Å². The van der Waals surface area contributed by atoms with Gasteiger partial charge in [0.25, 0.3) is 0 Å². The van der Waals surface area contributed by atoms with Crippen molar-refractivity contribution in [3.8, 4) is 34.0 Å². The molecule has 2 aromatic heterocycles. The highest BCUT2D eigenvalue weighted by atomic mass is 19.1. The van der Waals surface area contributed by atoms with E-state index in [-0.39, 0.29) is 11.6 Å². The third-order valence-electron chi connectivity index (χ3n) is 4.90. The summed E-state index contributed by atoms with van der Waals surface area (Å²) < 4.78 is 34.7. The highest BCUT2D eigenvalue weighted by molar-refractivity contribution is 5.73. The van der Waals surface area contributed by atoms with Gasteiger partial charge in [-0.2, -0.15) is 4.39 Å². The van der Waals surface area contributed by atoms with E-state index in [9.17, 15) is 13.9 Å². The molecule has 1 aromatic carbocycles. The van der Waals surface area contributed by atoms with E-state index in [2.05, 4.69) is 15.3 Å². The largest absolute Gasteiger partial charge is 0.507 e. The Hall–Kier alpha value is -3.03. The van der Waals surface area contributed by atoms with E-state index in [1.807, 2.05) is 0 Å². The minimum absolute atomic E-state index is 0.0557. The number of benzene rings is 1. The van der Waals surface area contributed by atoms with Crippen molar-refractivity contribution in [2.45, 2.75) is 38.0 Å². The molecule has 0 bridgehead atoms. The highest BCUT2D eigenvalue weighted by Crippen LogP contribution is 2.33. The van der Waals surface area contributed by atoms with Gasteiger partial charge in [0.2, 0.25) is 11.8 Å². The molecule has 1 N–H and O–H groups in total. The van der Waals surface area contributed by atoms with Crippen LogP contribution in [-0.2, 0) is 7.05 Å². The Bertz CT molecular complexity index is 975. The maximum Gasteiger partial charge on any atom is 0.240 e. The summed E-state index contributed by atoms with van der Waals surface area (Å²) in [5, 5.41) is 22.1. The van der Waals surface area contributed by atoms with Crippen LogP contribution in [-0.4, -0.2) is 37.4 Å². The minimum atomic E-state index is -0.986. The molecule has 1 saturated carbocycles. The van der Waals surface area contributed by atoms with Crippen molar-refractivity contribution < 1.29 is 18.6 Å². The van der Waals surface area contributed by atoms with Crippen LogP contribution < -0.4 is 4.74 Å². The highest BCUT2D eigenvalue weighted by Gasteiger charge is 2.26. The number of aromatic hydroxyl groups is 1. The summed E-state index contributed by atoms with van der Waals surface area (Å²) in [5.41, 5.74) is 1.69. The molecule has 0 saturated heterocycles. The predicted octanol–water partition coefficient (Wildman–Crippen LogP) is 4.05. The molecule has 0 unspecified atom stereocenters. The van der Waals surface area contributed by atoms with Gasteiger partial charge in [-0.3, -0.25) is 4.68 Å². The Morgan fingerprint density at radius 3 is 2.57 bits per heavy atom.